The summed E-state index contributed by atoms with van der Waals surface area (Å²) in [6.07, 6.45) is 1.55. The number of hydrogen-bond donors (Lipinski definition) is 3. The zero-order valence-electron chi connectivity index (χ0n) is 14.3. The molecular weight excluding hydrogens is 334 g/mol. The molecule has 0 atom stereocenters. The third-order valence-electron chi connectivity index (χ3n) is 4.00. The number of rotatable bonds is 4. The number of aromatic hydroxyl groups is 1. The lowest BCUT2D eigenvalue weighted by Crippen LogP contribution is -2.12. The van der Waals surface area contributed by atoms with Crippen LogP contribution in [0.25, 0.3) is 0 Å². The second kappa shape index (κ2) is 6.94. The van der Waals surface area contributed by atoms with Gasteiger partial charge >= 0.3 is 0 Å². The van der Waals surface area contributed by atoms with Crippen LogP contribution in [-0.2, 0) is 0 Å². The van der Waals surface area contributed by atoms with E-state index in [0.717, 1.165) is 16.8 Å². The second-order valence-corrected chi connectivity index (χ2v) is 6.86. The summed E-state index contributed by atoms with van der Waals surface area (Å²) in [5, 5.41) is 16.6. The maximum atomic E-state index is 12.5. The number of amides is 1. The van der Waals surface area contributed by atoms with E-state index >= 15 is 0 Å². The van der Waals surface area contributed by atoms with Crippen molar-refractivity contribution in [1.82, 2.24) is 4.98 Å². The third kappa shape index (κ3) is 3.64. The first-order valence-corrected chi connectivity index (χ1v) is 8.66. The number of carbonyl (C=O) groups is 1. The van der Waals surface area contributed by atoms with Crippen LogP contribution in [0.3, 0.4) is 0 Å². The molecule has 0 saturated carbocycles. The van der Waals surface area contributed by atoms with Crippen molar-refractivity contribution in [3.63, 3.8) is 0 Å². The summed E-state index contributed by atoms with van der Waals surface area (Å²) in [6, 6.07) is 11.3. The molecule has 6 heteroatoms. The van der Waals surface area contributed by atoms with Crippen LogP contribution >= 0.6 is 11.3 Å². The summed E-state index contributed by atoms with van der Waals surface area (Å²) in [5.41, 5.74) is 4.24. The monoisotopic (exact) mass is 353 g/mol. The Morgan fingerprint density at radius 2 is 1.84 bits per heavy atom. The number of anilines is 3. The smallest absolute Gasteiger partial charge is 0.267 e. The van der Waals surface area contributed by atoms with Crippen molar-refractivity contribution in [1.29, 1.82) is 0 Å². The summed E-state index contributed by atoms with van der Waals surface area (Å²) >= 11 is 1.28. The maximum absolute atomic E-state index is 12.5. The normalized spacial score (nSPS) is 10.5. The standard InChI is InChI=1S/C19H19N3O2S/c1-11-6-4-5-7-14(11)21-19-20-10-16(25-19)18(24)22-17-12(2)8-9-15(23)13(17)3/h4-10,23H,1-3H3,(H,20,21)(H,22,24). The van der Waals surface area contributed by atoms with Crippen LogP contribution in [0, 0.1) is 20.8 Å². The Kier molecular flexibility index (Phi) is 4.72. The average Bonchev–Trinajstić information content (AvgIpc) is 3.06. The first-order chi connectivity index (χ1) is 12.0. The molecule has 2 aromatic carbocycles. The number of benzene rings is 2. The second-order valence-electron chi connectivity index (χ2n) is 5.83. The highest BCUT2D eigenvalue weighted by Crippen LogP contribution is 2.30. The molecule has 0 radical (unpaired) electrons. The number of aryl methyl sites for hydroxylation is 2. The summed E-state index contributed by atoms with van der Waals surface area (Å²) in [6.45, 7) is 5.67. The number of phenols is 1. The zero-order chi connectivity index (χ0) is 18.0. The highest BCUT2D eigenvalue weighted by molar-refractivity contribution is 7.17. The van der Waals surface area contributed by atoms with Gasteiger partial charge in [-0.05, 0) is 44.0 Å². The van der Waals surface area contributed by atoms with E-state index in [2.05, 4.69) is 15.6 Å². The SMILES string of the molecule is Cc1ccccc1Nc1ncc(C(=O)Nc2c(C)ccc(O)c2C)s1. The van der Waals surface area contributed by atoms with Gasteiger partial charge in [0.05, 0.1) is 11.9 Å². The van der Waals surface area contributed by atoms with Gasteiger partial charge in [0.25, 0.3) is 5.91 Å². The molecule has 5 nitrogen and oxygen atoms in total. The number of nitrogens with one attached hydrogen (secondary N) is 2. The number of para-hydroxylation sites is 1. The minimum atomic E-state index is -0.243. The summed E-state index contributed by atoms with van der Waals surface area (Å²) < 4.78 is 0. The minimum absolute atomic E-state index is 0.159. The van der Waals surface area contributed by atoms with Crippen LogP contribution in [0.15, 0.2) is 42.6 Å². The Hall–Kier alpha value is -2.86. The van der Waals surface area contributed by atoms with Crippen molar-refractivity contribution < 1.29 is 9.90 Å². The van der Waals surface area contributed by atoms with Gasteiger partial charge in [-0.15, -0.1) is 0 Å². The Balaban J connectivity index is 1.78. The van der Waals surface area contributed by atoms with Gasteiger partial charge in [-0.25, -0.2) is 4.98 Å². The molecule has 1 heterocycles. The highest BCUT2D eigenvalue weighted by Gasteiger charge is 2.15. The van der Waals surface area contributed by atoms with Crippen LogP contribution in [-0.4, -0.2) is 16.0 Å². The van der Waals surface area contributed by atoms with Gasteiger partial charge in [0.1, 0.15) is 10.6 Å². The lowest BCUT2D eigenvalue weighted by atomic mass is 10.1. The van der Waals surface area contributed by atoms with Gasteiger partial charge in [-0.3, -0.25) is 4.79 Å². The van der Waals surface area contributed by atoms with Crippen LogP contribution in [0.1, 0.15) is 26.4 Å². The fourth-order valence-electron chi connectivity index (χ4n) is 2.47. The quantitative estimate of drug-likeness (QED) is 0.631. The van der Waals surface area contributed by atoms with E-state index in [1.54, 1.807) is 25.3 Å². The summed E-state index contributed by atoms with van der Waals surface area (Å²) in [5.74, 6) is -0.0840. The van der Waals surface area contributed by atoms with Crippen LogP contribution in [0.5, 0.6) is 5.75 Å². The molecule has 0 unspecified atom stereocenters. The molecule has 0 spiro atoms. The van der Waals surface area contributed by atoms with E-state index in [4.69, 9.17) is 0 Å². The summed E-state index contributed by atoms with van der Waals surface area (Å²) in [7, 11) is 0. The van der Waals surface area contributed by atoms with Gasteiger partial charge in [-0.1, -0.05) is 35.6 Å². The summed E-state index contributed by atoms with van der Waals surface area (Å²) in [4.78, 5) is 17.3. The molecule has 3 rings (SSSR count). The van der Waals surface area contributed by atoms with Crippen molar-refractivity contribution >= 4 is 33.8 Å². The predicted molar refractivity (Wildman–Crippen MR) is 102 cm³/mol. The topological polar surface area (TPSA) is 74.2 Å². The Labute approximate surface area is 150 Å². The number of thiazole rings is 1. The van der Waals surface area contributed by atoms with E-state index < -0.39 is 0 Å². The molecule has 0 aliphatic rings. The molecule has 1 amide bonds. The van der Waals surface area contributed by atoms with Crippen molar-refractivity contribution in [2.24, 2.45) is 0 Å². The Morgan fingerprint density at radius 1 is 1.08 bits per heavy atom. The molecule has 3 N–H and O–H groups in total. The number of hydrogen-bond acceptors (Lipinski definition) is 5. The van der Waals surface area contributed by atoms with Crippen molar-refractivity contribution in [2.45, 2.75) is 20.8 Å². The molecule has 128 valence electrons. The molecule has 3 aromatic rings. The van der Waals surface area contributed by atoms with E-state index in [0.29, 0.717) is 21.3 Å². The van der Waals surface area contributed by atoms with Gasteiger partial charge in [0, 0.05) is 11.3 Å². The van der Waals surface area contributed by atoms with E-state index in [-0.39, 0.29) is 11.7 Å². The van der Waals surface area contributed by atoms with Crippen molar-refractivity contribution in [2.75, 3.05) is 10.6 Å². The maximum Gasteiger partial charge on any atom is 0.267 e. The first kappa shape index (κ1) is 17.0. The molecule has 25 heavy (non-hydrogen) atoms. The van der Waals surface area contributed by atoms with E-state index in [1.165, 1.54) is 11.3 Å². The first-order valence-electron chi connectivity index (χ1n) is 7.84. The third-order valence-corrected chi connectivity index (χ3v) is 4.91. The molecule has 0 bridgehead atoms. The number of phenolic OH excluding ortho intramolecular Hbond substituents is 1. The van der Waals surface area contributed by atoms with Gasteiger partial charge in [0.15, 0.2) is 5.13 Å². The van der Waals surface area contributed by atoms with Gasteiger partial charge in [-0.2, -0.15) is 0 Å². The Bertz CT molecular complexity index is 934. The van der Waals surface area contributed by atoms with E-state index in [1.807, 2.05) is 38.1 Å². The lowest BCUT2D eigenvalue weighted by molar-refractivity contribution is 0.103. The molecular formula is C19H19N3O2S. The fourth-order valence-corrected chi connectivity index (χ4v) is 3.19. The van der Waals surface area contributed by atoms with Crippen LogP contribution in [0.4, 0.5) is 16.5 Å². The zero-order valence-corrected chi connectivity index (χ0v) is 15.1. The van der Waals surface area contributed by atoms with Crippen LogP contribution < -0.4 is 10.6 Å². The van der Waals surface area contributed by atoms with Gasteiger partial charge in [0.2, 0.25) is 0 Å². The van der Waals surface area contributed by atoms with E-state index in [9.17, 15) is 9.90 Å². The highest BCUT2D eigenvalue weighted by atomic mass is 32.1. The molecule has 0 fully saturated rings. The molecule has 0 saturated heterocycles. The largest absolute Gasteiger partial charge is 0.508 e. The fraction of sp³-hybridized carbons (Fsp3) is 0.158. The number of nitrogens with zero attached hydrogens (tertiary/aromatic N) is 1. The van der Waals surface area contributed by atoms with Gasteiger partial charge < -0.3 is 15.7 Å². The van der Waals surface area contributed by atoms with Crippen LogP contribution in [0.2, 0.25) is 0 Å². The molecule has 0 aliphatic heterocycles. The number of carbonyl (C=O) groups excluding carboxylic acids is 1. The Morgan fingerprint density at radius 3 is 2.60 bits per heavy atom. The predicted octanol–water partition coefficient (Wildman–Crippen LogP) is 4.77. The number of aromatic nitrogens is 1. The van der Waals surface area contributed by atoms with Crippen molar-refractivity contribution in [3.05, 3.63) is 64.2 Å². The lowest BCUT2D eigenvalue weighted by Gasteiger charge is -2.12. The molecule has 0 aliphatic carbocycles. The van der Waals surface area contributed by atoms with Crippen molar-refractivity contribution in [3.8, 4) is 5.75 Å². The molecule has 1 aromatic heterocycles. The average molecular weight is 353 g/mol. The minimum Gasteiger partial charge on any atom is -0.508 e.